The van der Waals surface area contributed by atoms with Gasteiger partial charge in [-0.05, 0) is 24.6 Å². The molecule has 0 atom stereocenters. The lowest BCUT2D eigenvalue weighted by Gasteiger charge is -2.09. The summed E-state index contributed by atoms with van der Waals surface area (Å²) < 4.78 is 5.81. The van der Waals surface area contributed by atoms with Gasteiger partial charge in [-0.1, -0.05) is 17.7 Å². The quantitative estimate of drug-likeness (QED) is 0.774. The number of nitrogens with zero attached hydrogens (tertiary/aromatic N) is 3. The largest absolute Gasteiger partial charge is 0.435 e. The third-order valence-corrected chi connectivity index (χ3v) is 3.08. The van der Waals surface area contributed by atoms with Gasteiger partial charge in [0.15, 0.2) is 5.65 Å². The first-order chi connectivity index (χ1) is 9.67. The van der Waals surface area contributed by atoms with Crippen LogP contribution < -0.4 is 10.1 Å². The van der Waals surface area contributed by atoms with E-state index in [-0.39, 0.29) is 0 Å². The molecule has 0 fully saturated rings. The minimum Gasteiger partial charge on any atom is -0.435 e. The number of nitrogens with one attached hydrogen (secondary N) is 2. The minimum atomic E-state index is 0.379. The van der Waals surface area contributed by atoms with Crippen molar-refractivity contribution in [3.8, 4) is 11.6 Å². The van der Waals surface area contributed by atoms with Crippen molar-refractivity contribution in [1.82, 2.24) is 19.9 Å². The lowest BCUT2D eigenvalue weighted by Crippen LogP contribution is -1.99. The molecule has 0 spiro atoms. The molecule has 0 saturated heterocycles. The van der Waals surface area contributed by atoms with Gasteiger partial charge in [-0.2, -0.15) is 9.97 Å². The predicted molar refractivity (Wildman–Crippen MR) is 77.5 cm³/mol. The molecule has 20 heavy (non-hydrogen) atoms. The molecule has 102 valence electrons. The number of H-pyrrole nitrogens is 1. The molecule has 2 heterocycles. The molecule has 7 heteroatoms. The van der Waals surface area contributed by atoms with Gasteiger partial charge in [-0.15, -0.1) is 0 Å². The number of benzene rings is 1. The lowest BCUT2D eigenvalue weighted by atomic mass is 10.2. The van der Waals surface area contributed by atoms with Crippen molar-refractivity contribution in [1.29, 1.82) is 0 Å². The summed E-state index contributed by atoms with van der Waals surface area (Å²) in [5.41, 5.74) is 2.21. The van der Waals surface area contributed by atoms with Crippen LogP contribution in [0.3, 0.4) is 0 Å². The topological polar surface area (TPSA) is 75.7 Å². The van der Waals surface area contributed by atoms with Crippen LogP contribution in [0.4, 0.5) is 5.95 Å². The average molecular weight is 290 g/mol. The van der Waals surface area contributed by atoms with E-state index in [0.717, 1.165) is 5.56 Å². The number of hydrogen-bond donors (Lipinski definition) is 2. The molecule has 6 nitrogen and oxygen atoms in total. The summed E-state index contributed by atoms with van der Waals surface area (Å²) >= 11 is 6.14. The van der Waals surface area contributed by atoms with Crippen molar-refractivity contribution in [3.63, 3.8) is 0 Å². The molecule has 2 N–H and O–H groups in total. The zero-order chi connectivity index (χ0) is 14.1. The number of imidazole rings is 1. The van der Waals surface area contributed by atoms with Crippen molar-refractivity contribution in [2.45, 2.75) is 6.92 Å². The molecule has 0 radical (unpaired) electrons. The van der Waals surface area contributed by atoms with E-state index in [1.54, 1.807) is 19.4 Å². The van der Waals surface area contributed by atoms with E-state index in [2.05, 4.69) is 25.3 Å². The SMILES string of the molecule is CNc1nc(Oc2cc(C)ccc2Cl)c2[nH]cnc2n1. The first-order valence-corrected chi connectivity index (χ1v) is 6.38. The third-order valence-electron chi connectivity index (χ3n) is 2.77. The zero-order valence-corrected chi connectivity index (χ0v) is 11.7. The Morgan fingerprint density at radius 2 is 2.15 bits per heavy atom. The van der Waals surface area contributed by atoms with Crippen molar-refractivity contribution in [3.05, 3.63) is 35.1 Å². The normalized spacial score (nSPS) is 10.8. The molecule has 0 unspecified atom stereocenters. The van der Waals surface area contributed by atoms with E-state index in [4.69, 9.17) is 16.3 Å². The van der Waals surface area contributed by atoms with E-state index >= 15 is 0 Å². The van der Waals surface area contributed by atoms with E-state index in [1.165, 1.54) is 0 Å². The summed E-state index contributed by atoms with van der Waals surface area (Å²) in [6, 6.07) is 5.56. The van der Waals surface area contributed by atoms with Crippen LogP contribution in [0.5, 0.6) is 11.6 Å². The van der Waals surface area contributed by atoms with Crippen LogP contribution in [0, 0.1) is 6.92 Å². The van der Waals surface area contributed by atoms with Gasteiger partial charge in [0.2, 0.25) is 5.95 Å². The molecule has 0 bridgehead atoms. The number of anilines is 1. The number of rotatable bonds is 3. The number of halogens is 1. The smallest absolute Gasteiger partial charge is 0.250 e. The summed E-state index contributed by atoms with van der Waals surface area (Å²) in [5.74, 6) is 1.36. The Morgan fingerprint density at radius 3 is 2.95 bits per heavy atom. The highest BCUT2D eigenvalue weighted by atomic mass is 35.5. The molecule has 0 aliphatic heterocycles. The fourth-order valence-electron chi connectivity index (χ4n) is 1.79. The van der Waals surface area contributed by atoms with Gasteiger partial charge >= 0.3 is 0 Å². The van der Waals surface area contributed by atoms with Gasteiger partial charge in [0, 0.05) is 7.05 Å². The number of aromatic amines is 1. The fourth-order valence-corrected chi connectivity index (χ4v) is 1.94. The Morgan fingerprint density at radius 1 is 1.30 bits per heavy atom. The van der Waals surface area contributed by atoms with Crippen LogP contribution in [-0.4, -0.2) is 27.0 Å². The molecular weight excluding hydrogens is 278 g/mol. The number of hydrogen-bond acceptors (Lipinski definition) is 5. The van der Waals surface area contributed by atoms with Crippen LogP contribution >= 0.6 is 11.6 Å². The zero-order valence-electron chi connectivity index (χ0n) is 10.9. The Labute approximate surface area is 120 Å². The van der Waals surface area contributed by atoms with E-state index in [1.807, 2.05) is 19.1 Å². The lowest BCUT2D eigenvalue weighted by molar-refractivity contribution is 0.468. The molecule has 3 rings (SSSR count). The molecule has 2 aromatic heterocycles. The molecule has 0 aliphatic rings. The summed E-state index contributed by atoms with van der Waals surface area (Å²) in [4.78, 5) is 15.6. The predicted octanol–water partition coefficient (Wildman–Crippen LogP) is 3.15. The van der Waals surface area contributed by atoms with Gasteiger partial charge in [-0.25, -0.2) is 4.98 Å². The Hall–Kier alpha value is -2.34. The van der Waals surface area contributed by atoms with Crippen LogP contribution in [0.15, 0.2) is 24.5 Å². The first kappa shape index (κ1) is 12.7. The summed E-state index contributed by atoms with van der Waals surface area (Å²) in [7, 11) is 1.73. The summed E-state index contributed by atoms with van der Waals surface area (Å²) in [6.07, 6.45) is 1.55. The maximum atomic E-state index is 6.14. The monoisotopic (exact) mass is 289 g/mol. The second-order valence-corrected chi connectivity index (χ2v) is 4.65. The molecule has 0 saturated carbocycles. The number of aryl methyl sites for hydroxylation is 1. The van der Waals surface area contributed by atoms with Crippen molar-refractivity contribution in [2.24, 2.45) is 0 Å². The highest BCUT2D eigenvalue weighted by molar-refractivity contribution is 6.32. The molecule has 3 aromatic rings. The van der Waals surface area contributed by atoms with Gasteiger partial charge in [0.1, 0.15) is 11.3 Å². The van der Waals surface area contributed by atoms with Crippen LogP contribution in [0.1, 0.15) is 5.56 Å². The van der Waals surface area contributed by atoms with Crippen LogP contribution in [0.25, 0.3) is 11.2 Å². The third kappa shape index (κ3) is 2.25. The maximum absolute atomic E-state index is 6.14. The Kier molecular flexibility index (Phi) is 3.15. The maximum Gasteiger partial charge on any atom is 0.250 e. The van der Waals surface area contributed by atoms with Gasteiger partial charge in [-0.3, -0.25) is 0 Å². The molecule has 1 aromatic carbocycles. The highest BCUT2D eigenvalue weighted by Gasteiger charge is 2.13. The first-order valence-electron chi connectivity index (χ1n) is 6.00. The summed E-state index contributed by atoms with van der Waals surface area (Å²) in [6.45, 7) is 1.97. The highest BCUT2D eigenvalue weighted by Crippen LogP contribution is 2.32. The molecule has 0 aliphatic carbocycles. The van der Waals surface area contributed by atoms with Crippen LogP contribution in [0.2, 0.25) is 5.02 Å². The van der Waals surface area contributed by atoms with E-state index in [0.29, 0.717) is 33.8 Å². The van der Waals surface area contributed by atoms with Gasteiger partial charge < -0.3 is 15.0 Å². The fraction of sp³-hybridized carbons (Fsp3) is 0.154. The molecule has 0 amide bonds. The van der Waals surface area contributed by atoms with Crippen LogP contribution in [-0.2, 0) is 0 Å². The van der Waals surface area contributed by atoms with Crippen molar-refractivity contribution < 1.29 is 4.74 Å². The number of fused-ring (bicyclic) bond motifs is 1. The van der Waals surface area contributed by atoms with E-state index in [9.17, 15) is 0 Å². The number of aromatic nitrogens is 4. The minimum absolute atomic E-state index is 0.379. The van der Waals surface area contributed by atoms with E-state index < -0.39 is 0 Å². The van der Waals surface area contributed by atoms with Gasteiger partial charge in [0.05, 0.1) is 11.3 Å². The number of ether oxygens (including phenoxy) is 1. The Bertz CT molecular complexity index is 771. The summed E-state index contributed by atoms with van der Waals surface area (Å²) in [5, 5.41) is 3.39. The van der Waals surface area contributed by atoms with Gasteiger partial charge in [0.25, 0.3) is 5.88 Å². The standard InChI is InChI=1S/C13H12ClN5O/c1-7-3-4-8(14)9(5-7)20-12-10-11(17-6-16-10)18-13(15-2)19-12/h3-6H,1-2H3,(H2,15,16,17,18,19). The second kappa shape index (κ2) is 4.97. The molecular formula is C13H12ClN5O. The Balaban J connectivity index is 2.09. The average Bonchev–Trinajstić information content (AvgIpc) is 2.91. The van der Waals surface area contributed by atoms with Crippen molar-refractivity contribution in [2.75, 3.05) is 12.4 Å². The second-order valence-electron chi connectivity index (χ2n) is 4.24. The van der Waals surface area contributed by atoms with Crippen molar-refractivity contribution >= 4 is 28.7 Å².